The number of para-hydroxylation sites is 1. The first-order chi connectivity index (χ1) is 6.50. The first-order valence-electron chi connectivity index (χ1n) is 4.06. The topological polar surface area (TPSA) is 24.1 Å². The van der Waals surface area contributed by atoms with Gasteiger partial charge in [-0.25, -0.2) is 0 Å². The highest BCUT2D eigenvalue weighted by molar-refractivity contribution is 5.72. The van der Waals surface area contributed by atoms with Crippen LogP contribution in [-0.2, 0) is 6.18 Å². The molecule has 5 heteroatoms. The summed E-state index contributed by atoms with van der Waals surface area (Å²) in [6, 6.07) is 4.00. The lowest BCUT2D eigenvalue weighted by Gasteiger charge is -2.15. The van der Waals surface area contributed by atoms with Gasteiger partial charge in [-0.1, -0.05) is 6.07 Å². The van der Waals surface area contributed by atoms with Crippen LogP contribution in [0.1, 0.15) is 5.56 Å². The molecular formula is C9H11F3N2. The molecule has 0 aliphatic heterocycles. The summed E-state index contributed by atoms with van der Waals surface area (Å²) in [5, 5.41) is 5.24. The zero-order valence-electron chi connectivity index (χ0n) is 7.87. The fourth-order valence-corrected chi connectivity index (χ4v) is 1.27. The molecule has 0 fully saturated rings. The number of hydrogen-bond donors (Lipinski definition) is 2. The highest BCUT2D eigenvalue weighted by Gasteiger charge is 2.33. The summed E-state index contributed by atoms with van der Waals surface area (Å²) < 4.78 is 37.5. The van der Waals surface area contributed by atoms with E-state index < -0.39 is 11.7 Å². The van der Waals surface area contributed by atoms with Crippen LogP contribution in [0.3, 0.4) is 0 Å². The minimum absolute atomic E-state index is 0.0718. The number of benzene rings is 1. The largest absolute Gasteiger partial charge is 0.418 e. The number of anilines is 2. The van der Waals surface area contributed by atoms with Gasteiger partial charge < -0.3 is 10.6 Å². The predicted molar refractivity (Wildman–Crippen MR) is 50.5 cm³/mol. The van der Waals surface area contributed by atoms with Gasteiger partial charge in [0.15, 0.2) is 0 Å². The van der Waals surface area contributed by atoms with Crippen LogP contribution in [0, 0.1) is 0 Å². The van der Waals surface area contributed by atoms with Crippen molar-refractivity contribution in [2.45, 2.75) is 6.18 Å². The van der Waals surface area contributed by atoms with Crippen molar-refractivity contribution in [1.82, 2.24) is 0 Å². The molecule has 0 radical (unpaired) electrons. The van der Waals surface area contributed by atoms with E-state index in [1.54, 1.807) is 13.1 Å². The number of halogens is 3. The predicted octanol–water partition coefficient (Wildman–Crippen LogP) is 2.79. The van der Waals surface area contributed by atoms with Crippen molar-refractivity contribution in [3.63, 3.8) is 0 Å². The van der Waals surface area contributed by atoms with E-state index in [0.717, 1.165) is 6.07 Å². The molecule has 14 heavy (non-hydrogen) atoms. The van der Waals surface area contributed by atoms with Crippen LogP contribution in [0.4, 0.5) is 24.5 Å². The van der Waals surface area contributed by atoms with Crippen LogP contribution < -0.4 is 10.6 Å². The van der Waals surface area contributed by atoms with E-state index in [1.807, 2.05) is 0 Å². The van der Waals surface area contributed by atoms with Crippen molar-refractivity contribution in [2.75, 3.05) is 24.7 Å². The van der Waals surface area contributed by atoms with Crippen LogP contribution >= 0.6 is 0 Å². The number of alkyl halides is 3. The highest BCUT2D eigenvalue weighted by atomic mass is 19.4. The second-order valence-corrected chi connectivity index (χ2v) is 2.73. The molecule has 1 rings (SSSR count). The molecule has 0 unspecified atom stereocenters. The van der Waals surface area contributed by atoms with Crippen molar-refractivity contribution in [2.24, 2.45) is 0 Å². The maximum atomic E-state index is 12.5. The number of rotatable bonds is 2. The Bertz CT molecular complexity index is 320. The summed E-state index contributed by atoms with van der Waals surface area (Å²) >= 11 is 0. The molecule has 0 saturated heterocycles. The average Bonchev–Trinajstić information content (AvgIpc) is 2.15. The summed E-state index contributed by atoms with van der Waals surface area (Å²) in [4.78, 5) is 0. The van der Waals surface area contributed by atoms with Crippen LogP contribution in [0.2, 0.25) is 0 Å². The fourth-order valence-electron chi connectivity index (χ4n) is 1.27. The Morgan fingerprint density at radius 3 is 2.14 bits per heavy atom. The smallest absolute Gasteiger partial charge is 0.386 e. The van der Waals surface area contributed by atoms with E-state index in [0.29, 0.717) is 5.69 Å². The fraction of sp³-hybridized carbons (Fsp3) is 0.333. The quantitative estimate of drug-likeness (QED) is 0.774. The summed E-state index contributed by atoms with van der Waals surface area (Å²) in [5.41, 5.74) is -0.156. The summed E-state index contributed by atoms with van der Waals surface area (Å²) in [7, 11) is 3.04. The Morgan fingerprint density at radius 2 is 1.71 bits per heavy atom. The van der Waals surface area contributed by atoms with E-state index in [4.69, 9.17) is 0 Å². The molecule has 2 N–H and O–H groups in total. The minimum Gasteiger partial charge on any atom is -0.386 e. The Kier molecular flexibility index (Phi) is 2.88. The van der Waals surface area contributed by atoms with Gasteiger partial charge in [0.1, 0.15) is 0 Å². The molecule has 0 saturated carbocycles. The molecule has 0 amide bonds. The second kappa shape index (κ2) is 3.77. The lowest BCUT2D eigenvalue weighted by molar-refractivity contribution is -0.136. The van der Waals surface area contributed by atoms with E-state index in [2.05, 4.69) is 10.6 Å². The Morgan fingerprint density at radius 1 is 1.07 bits per heavy atom. The lowest BCUT2D eigenvalue weighted by Crippen LogP contribution is -2.10. The molecule has 1 aromatic rings. The minimum atomic E-state index is -4.33. The maximum Gasteiger partial charge on any atom is 0.418 e. The SMILES string of the molecule is CNc1cccc(C(F)(F)F)c1NC. The van der Waals surface area contributed by atoms with Crippen molar-refractivity contribution in [1.29, 1.82) is 0 Å². The van der Waals surface area contributed by atoms with Gasteiger partial charge in [0.05, 0.1) is 16.9 Å². The van der Waals surface area contributed by atoms with E-state index in [9.17, 15) is 13.2 Å². The Labute approximate surface area is 80.1 Å². The molecule has 0 bridgehead atoms. The van der Waals surface area contributed by atoms with Crippen molar-refractivity contribution >= 4 is 11.4 Å². The van der Waals surface area contributed by atoms with Crippen LogP contribution in [0.5, 0.6) is 0 Å². The molecular weight excluding hydrogens is 193 g/mol. The van der Waals surface area contributed by atoms with Gasteiger partial charge in [-0.05, 0) is 12.1 Å². The van der Waals surface area contributed by atoms with Gasteiger partial charge in [0.25, 0.3) is 0 Å². The molecule has 2 nitrogen and oxygen atoms in total. The Hall–Kier alpha value is -1.39. The zero-order valence-corrected chi connectivity index (χ0v) is 7.87. The first kappa shape index (κ1) is 10.7. The third-order valence-corrected chi connectivity index (χ3v) is 1.89. The van der Waals surface area contributed by atoms with Gasteiger partial charge in [0.2, 0.25) is 0 Å². The Balaban J connectivity index is 3.29. The summed E-state index contributed by atoms with van der Waals surface area (Å²) in [5.74, 6) is 0. The zero-order chi connectivity index (χ0) is 10.8. The number of nitrogens with one attached hydrogen (secondary N) is 2. The normalized spacial score (nSPS) is 11.2. The van der Waals surface area contributed by atoms with Crippen LogP contribution in [0.15, 0.2) is 18.2 Å². The van der Waals surface area contributed by atoms with Crippen molar-refractivity contribution in [3.8, 4) is 0 Å². The van der Waals surface area contributed by atoms with Gasteiger partial charge in [-0.2, -0.15) is 13.2 Å². The molecule has 0 aromatic heterocycles. The van der Waals surface area contributed by atoms with Crippen molar-refractivity contribution < 1.29 is 13.2 Å². The maximum absolute atomic E-state index is 12.5. The van der Waals surface area contributed by atoms with E-state index in [1.165, 1.54) is 13.1 Å². The molecule has 0 aliphatic rings. The standard InChI is InChI=1S/C9H11F3N2/c1-13-7-5-3-4-6(8(7)14-2)9(10,11)12/h3-5,13-14H,1-2H3. The summed E-state index contributed by atoms with van der Waals surface area (Å²) in [6.07, 6.45) is -4.33. The molecule has 78 valence electrons. The monoisotopic (exact) mass is 204 g/mol. The molecule has 1 aromatic carbocycles. The van der Waals surface area contributed by atoms with Crippen LogP contribution in [0.25, 0.3) is 0 Å². The third-order valence-electron chi connectivity index (χ3n) is 1.89. The van der Waals surface area contributed by atoms with Gasteiger partial charge in [-0.3, -0.25) is 0 Å². The van der Waals surface area contributed by atoms with E-state index in [-0.39, 0.29) is 5.69 Å². The van der Waals surface area contributed by atoms with Gasteiger partial charge in [-0.15, -0.1) is 0 Å². The molecule has 0 spiro atoms. The van der Waals surface area contributed by atoms with Gasteiger partial charge in [0, 0.05) is 14.1 Å². The third kappa shape index (κ3) is 1.92. The van der Waals surface area contributed by atoms with Gasteiger partial charge >= 0.3 is 6.18 Å². The van der Waals surface area contributed by atoms with Crippen LogP contribution in [-0.4, -0.2) is 14.1 Å². The molecule has 0 atom stereocenters. The first-order valence-corrected chi connectivity index (χ1v) is 4.06. The number of hydrogen-bond acceptors (Lipinski definition) is 2. The highest BCUT2D eigenvalue weighted by Crippen LogP contribution is 2.38. The second-order valence-electron chi connectivity index (χ2n) is 2.73. The van der Waals surface area contributed by atoms with Crippen molar-refractivity contribution in [3.05, 3.63) is 23.8 Å². The van der Waals surface area contributed by atoms with E-state index >= 15 is 0 Å². The molecule has 0 aliphatic carbocycles. The average molecular weight is 204 g/mol. The lowest BCUT2D eigenvalue weighted by atomic mass is 10.1. The summed E-state index contributed by atoms with van der Waals surface area (Å²) in [6.45, 7) is 0. The molecule has 0 heterocycles.